The predicted octanol–water partition coefficient (Wildman–Crippen LogP) is 2.65. The maximum absolute atomic E-state index is 10.6. The van der Waals surface area contributed by atoms with Gasteiger partial charge in [-0.2, -0.15) is 0 Å². The van der Waals surface area contributed by atoms with Crippen molar-refractivity contribution in [3.05, 3.63) is 34.6 Å². The van der Waals surface area contributed by atoms with Crippen LogP contribution in [0.4, 0.5) is 11.6 Å². The molecule has 2 heterocycles. The topological polar surface area (TPSA) is 97.7 Å². The third-order valence-corrected chi connectivity index (χ3v) is 2.81. The lowest BCUT2D eigenvalue weighted by molar-refractivity contribution is -0.401. The van der Waals surface area contributed by atoms with Gasteiger partial charge in [-0.05, 0) is 19.9 Å². The Labute approximate surface area is 121 Å². The molecule has 110 valence electrons. The minimum absolute atomic E-state index is 0.251. The molecular weight excluding hydrogens is 274 g/mol. The van der Waals surface area contributed by atoms with E-state index in [1.165, 1.54) is 24.5 Å². The molecule has 0 fully saturated rings. The SMILES string of the molecule is CCN(/C=N/c1cnc(-c2ccc([N+](=O)[O-])o2)nc1)CC. The maximum atomic E-state index is 10.6. The van der Waals surface area contributed by atoms with Gasteiger partial charge in [0.1, 0.15) is 10.6 Å². The number of nitrogens with zero attached hydrogens (tertiary/aromatic N) is 5. The second-order valence-electron chi connectivity index (χ2n) is 4.13. The van der Waals surface area contributed by atoms with Crippen LogP contribution in [-0.4, -0.2) is 39.2 Å². The zero-order valence-electron chi connectivity index (χ0n) is 11.8. The summed E-state index contributed by atoms with van der Waals surface area (Å²) in [5, 5.41) is 10.6. The Kier molecular flexibility index (Phi) is 4.60. The molecule has 8 nitrogen and oxygen atoms in total. The standard InChI is InChI=1S/C13H15N5O3/c1-3-17(4-2)9-16-10-7-14-13(15-8-10)11-5-6-12(21-11)18(19)20/h5-9H,3-4H2,1-2H3/b16-9+. The second-order valence-corrected chi connectivity index (χ2v) is 4.13. The van der Waals surface area contributed by atoms with Crippen LogP contribution in [0.1, 0.15) is 13.8 Å². The zero-order chi connectivity index (χ0) is 15.2. The molecule has 0 spiro atoms. The van der Waals surface area contributed by atoms with E-state index < -0.39 is 4.92 Å². The predicted molar refractivity (Wildman–Crippen MR) is 77.5 cm³/mol. The lowest BCUT2D eigenvalue weighted by Gasteiger charge is -2.13. The Morgan fingerprint density at radius 2 is 2.00 bits per heavy atom. The molecule has 2 rings (SSSR count). The van der Waals surface area contributed by atoms with Crippen LogP contribution in [0.3, 0.4) is 0 Å². The van der Waals surface area contributed by atoms with Gasteiger partial charge in [0.05, 0.1) is 24.8 Å². The van der Waals surface area contributed by atoms with Crippen LogP contribution in [0, 0.1) is 10.1 Å². The number of hydrogen-bond acceptors (Lipinski definition) is 6. The normalized spacial score (nSPS) is 11.0. The van der Waals surface area contributed by atoms with E-state index in [1.54, 1.807) is 6.34 Å². The molecule has 0 bridgehead atoms. The van der Waals surface area contributed by atoms with E-state index in [2.05, 4.69) is 15.0 Å². The van der Waals surface area contributed by atoms with E-state index in [9.17, 15) is 10.1 Å². The van der Waals surface area contributed by atoms with E-state index in [4.69, 9.17) is 4.42 Å². The van der Waals surface area contributed by atoms with E-state index >= 15 is 0 Å². The third kappa shape index (κ3) is 3.62. The molecule has 8 heteroatoms. The van der Waals surface area contributed by atoms with Crippen molar-refractivity contribution in [3.63, 3.8) is 0 Å². The van der Waals surface area contributed by atoms with E-state index in [-0.39, 0.29) is 17.5 Å². The fourth-order valence-corrected chi connectivity index (χ4v) is 1.60. The van der Waals surface area contributed by atoms with Crippen molar-refractivity contribution < 1.29 is 9.34 Å². The van der Waals surface area contributed by atoms with Gasteiger partial charge in [-0.3, -0.25) is 10.1 Å². The van der Waals surface area contributed by atoms with Crippen LogP contribution >= 0.6 is 0 Å². The van der Waals surface area contributed by atoms with Crippen LogP contribution in [0.15, 0.2) is 33.9 Å². The van der Waals surface area contributed by atoms with Gasteiger partial charge in [-0.1, -0.05) is 0 Å². The Morgan fingerprint density at radius 3 is 2.52 bits per heavy atom. The molecule has 0 aliphatic heterocycles. The molecule has 0 aliphatic rings. The summed E-state index contributed by atoms with van der Waals surface area (Å²) in [5.41, 5.74) is 0.603. The molecule has 0 saturated heterocycles. The highest BCUT2D eigenvalue weighted by atomic mass is 16.6. The largest absolute Gasteiger partial charge is 0.433 e. The highest BCUT2D eigenvalue weighted by Crippen LogP contribution is 2.23. The third-order valence-electron chi connectivity index (χ3n) is 2.81. The van der Waals surface area contributed by atoms with E-state index in [1.807, 2.05) is 18.7 Å². The number of hydrogen-bond donors (Lipinski definition) is 0. The Hall–Kier alpha value is -2.77. The summed E-state index contributed by atoms with van der Waals surface area (Å²) in [6.45, 7) is 5.82. The molecule has 0 unspecified atom stereocenters. The van der Waals surface area contributed by atoms with Gasteiger partial charge in [0.2, 0.25) is 0 Å². The summed E-state index contributed by atoms with van der Waals surface area (Å²) in [5.74, 6) is 0.197. The Morgan fingerprint density at radius 1 is 1.33 bits per heavy atom. The van der Waals surface area contributed by atoms with Crippen molar-refractivity contribution in [2.24, 2.45) is 4.99 Å². The Bertz CT molecular complexity index is 632. The summed E-state index contributed by atoms with van der Waals surface area (Å²) < 4.78 is 5.03. The molecule has 0 radical (unpaired) electrons. The first-order chi connectivity index (χ1) is 10.1. The molecule has 0 saturated carbocycles. The van der Waals surface area contributed by atoms with Gasteiger partial charge in [0.25, 0.3) is 0 Å². The maximum Gasteiger partial charge on any atom is 0.433 e. The molecule has 0 N–H and O–H groups in total. The van der Waals surface area contributed by atoms with Crippen molar-refractivity contribution >= 4 is 17.9 Å². The average molecular weight is 289 g/mol. The Balaban J connectivity index is 2.12. The van der Waals surface area contributed by atoms with Gasteiger partial charge in [0, 0.05) is 13.1 Å². The lowest BCUT2D eigenvalue weighted by atomic mass is 10.4. The molecule has 0 amide bonds. The van der Waals surface area contributed by atoms with Gasteiger partial charge < -0.3 is 9.32 Å². The highest BCUT2D eigenvalue weighted by Gasteiger charge is 2.14. The highest BCUT2D eigenvalue weighted by molar-refractivity contribution is 5.61. The summed E-state index contributed by atoms with van der Waals surface area (Å²) in [7, 11) is 0. The van der Waals surface area contributed by atoms with Crippen molar-refractivity contribution in [2.75, 3.05) is 13.1 Å². The molecule has 2 aromatic rings. The van der Waals surface area contributed by atoms with Crippen molar-refractivity contribution in [3.8, 4) is 11.6 Å². The second kappa shape index (κ2) is 6.60. The average Bonchev–Trinajstić information content (AvgIpc) is 2.99. The lowest BCUT2D eigenvalue weighted by Crippen LogP contribution is -2.20. The number of nitro groups is 1. The summed E-state index contributed by atoms with van der Waals surface area (Å²) in [6.07, 6.45) is 4.81. The molecule has 21 heavy (non-hydrogen) atoms. The number of rotatable bonds is 6. The molecule has 0 atom stereocenters. The van der Waals surface area contributed by atoms with Gasteiger partial charge in [-0.25, -0.2) is 15.0 Å². The van der Waals surface area contributed by atoms with Crippen molar-refractivity contribution in [2.45, 2.75) is 13.8 Å². The van der Waals surface area contributed by atoms with Crippen LogP contribution in [0.25, 0.3) is 11.6 Å². The van der Waals surface area contributed by atoms with Crippen LogP contribution in [0.5, 0.6) is 0 Å². The number of aromatic nitrogens is 2. The van der Waals surface area contributed by atoms with Gasteiger partial charge in [-0.15, -0.1) is 0 Å². The van der Waals surface area contributed by atoms with Crippen molar-refractivity contribution in [1.82, 2.24) is 14.9 Å². The quantitative estimate of drug-likeness (QED) is 0.351. The minimum Gasteiger partial charge on any atom is -0.397 e. The van der Waals surface area contributed by atoms with Gasteiger partial charge in [0.15, 0.2) is 11.6 Å². The molecule has 2 aromatic heterocycles. The number of furan rings is 1. The molecule has 0 aromatic carbocycles. The van der Waals surface area contributed by atoms with Crippen LogP contribution < -0.4 is 0 Å². The fourth-order valence-electron chi connectivity index (χ4n) is 1.60. The first-order valence-electron chi connectivity index (χ1n) is 6.49. The van der Waals surface area contributed by atoms with Crippen LogP contribution in [0.2, 0.25) is 0 Å². The van der Waals surface area contributed by atoms with Crippen LogP contribution in [-0.2, 0) is 0 Å². The number of aliphatic imine (C=N–C) groups is 1. The molecular formula is C13H15N5O3. The fraction of sp³-hybridized carbons (Fsp3) is 0.308. The summed E-state index contributed by atoms with van der Waals surface area (Å²) in [4.78, 5) is 24.4. The zero-order valence-corrected chi connectivity index (χ0v) is 11.8. The van der Waals surface area contributed by atoms with Crippen molar-refractivity contribution in [1.29, 1.82) is 0 Å². The van der Waals surface area contributed by atoms with Gasteiger partial charge >= 0.3 is 5.88 Å². The summed E-state index contributed by atoms with van der Waals surface area (Å²) in [6, 6.07) is 2.73. The van der Waals surface area contributed by atoms with E-state index in [0.717, 1.165) is 13.1 Å². The summed E-state index contributed by atoms with van der Waals surface area (Å²) >= 11 is 0. The minimum atomic E-state index is -0.605. The van der Waals surface area contributed by atoms with E-state index in [0.29, 0.717) is 5.69 Å². The monoisotopic (exact) mass is 289 g/mol. The molecule has 0 aliphatic carbocycles. The first-order valence-corrected chi connectivity index (χ1v) is 6.49. The smallest absolute Gasteiger partial charge is 0.397 e. The first kappa shape index (κ1) is 14.6.